The van der Waals surface area contributed by atoms with Gasteiger partial charge >= 0.3 is 0 Å². The lowest BCUT2D eigenvalue weighted by Crippen LogP contribution is -2.29. The molecule has 0 spiro atoms. The fourth-order valence-corrected chi connectivity index (χ4v) is 4.92. The summed E-state index contributed by atoms with van der Waals surface area (Å²) in [5.41, 5.74) is 0. The molecule has 278 valence electrons. The lowest BCUT2D eigenvalue weighted by atomic mass is 10.3. The van der Waals surface area contributed by atoms with Gasteiger partial charge in [0.05, 0.1) is 114 Å². The van der Waals surface area contributed by atoms with E-state index in [2.05, 4.69) is 35.5 Å². The molecule has 10 atom stereocenters. The van der Waals surface area contributed by atoms with Crippen molar-refractivity contribution in [1.82, 2.24) is 10.2 Å². The maximum atomic E-state index is 10.5. The van der Waals surface area contributed by atoms with Crippen molar-refractivity contribution in [2.75, 3.05) is 64.4 Å². The third-order valence-corrected chi connectivity index (χ3v) is 8.68. The molecule has 1 rings (SSSR count). The van der Waals surface area contributed by atoms with Crippen LogP contribution < -0.4 is 0 Å². The maximum Gasteiger partial charge on any atom is 0.120 e. The number of nitrogens with zero attached hydrogens (tertiary/aromatic N) is 2. The Kier molecular flexibility index (Phi) is 25.4. The van der Waals surface area contributed by atoms with Crippen molar-refractivity contribution in [2.24, 2.45) is 0 Å². The Hall–Kier alpha value is -0.140. The smallest absolute Gasteiger partial charge is 0.120 e. The second kappa shape index (κ2) is 26.6. The molecular formula is C32H62N2O10S3. The lowest BCUT2D eigenvalue weighted by molar-refractivity contribution is -0.0906. The Balaban J connectivity index is 2.20. The van der Waals surface area contributed by atoms with Crippen LogP contribution in [0.4, 0.5) is 0 Å². The molecule has 0 fully saturated rings. The summed E-state index contributed by atoms with van der Waals surface area (Å²) in [6, 6.07) is 0. The molecule has 0 aliphatic heterocycles. The van der Waals surface area contributed by atoms with Gasteiger partial charge in [-0.15, -0.1) is 21.5 Å². The van der Waals surface area contributed by atoms with Crippen LogP contribution in [0.5, 0.6) is 0 Å². The minimum atomic E-state index is -0.736. The van der Waals surface area contributed by atoms with E-state index in [9.17, 15) is 10.2 Å². The number of thiol groups is 2. The minimum Gasteiger partial charge on any atom is -0.390 e. The van der Waals surface area contributed by atoms with E-state index in [1.54, 1.807) is 0 Å². The van der Waals surface area contributed by atoms with Crippen LogP contribution in [-0.2, 0) is 50.7 Å². The summed E-state index contributed by atoms with van der Waals surface area (Å²) in [7, 11) is 0. The van der Waals surface area contributed by atoms with Gasteiger partial charge in [-0.05, 0) is 55.4 Å². The van der Waals surface area contributed by atoms with Crippen molar-refractivity contribution >= 4 is 36.6 Å². The van der Waals surface area contributed by atoms with Crippen molar-refractivity contribution in [1.29, 1.82) is 0 Å². The summed E-state index contributed by atoms with van der Waals surface area (Å²) < 4.78 is 46.0. The molecule has 1 aromatic heterocycles. The SMILES string of the molecule is CC(CS)OCC(C)OCC(C)OCC(C)OCC(O)Cc1nnc(CC(O)COC(C)COC(C)COC(C)COC(C)CS)s1. The van der Waals surface area contributed by atoms with Gasteiger partial charge in [-0.3, -0.25) is 0 Å². The summed E-state index contributed by atoms with van der Waals surface area (Å²) in [4.78, 5) is 0. The van der Waals surface area contributed by atoms with Crippen LogP contribution in [-0.4, -0.2) is 146 Å². The number of ether oxygens (including phenoxy) is 8. The van der Waals surface area contributed by atoms with E-state index in [0.717, 1.165) is 0 Å². The van der Waals surface area contributed by atoms with Crippen molar-refractivity contribution in [3.63, 3.8) is 0 Å². The number of aliphatic hydroxyl groups is 2. The molecule has 15 heteroatoms. The molecule has 1 aromatic rings. The van der Waals surface area contributed by atoms with Crippen molar-refractivity contribution in [3.05, 3.63) is 10.0 Å². The highest BCUT2D eigenvalue weighted by Crippen LogP contribution is 2.15. The van der Waals surface area contributed by atoms with Gasteiger partial charge < -0.3 is 48.1 Å². The van der Waals surface area contributed by atoms with E-state index in [1.807, 2.05) is 55.4 Å². The maximum absolute atomic E-state index is 10.5. The molecule has 0 saturated carbocycles. The number of rotatable bonds is 30. The lowest BCUT2D eigenvalue weighted by Gasteiger charge is -2.21. The van der Waals surface area contributed by atoms with Crippen LogP contribution in [0.3, 0.4) is 0 Å². The topological polar surface area (TPSA) is 140 Å². The molecule has 2 N–H and O–H groups in total. The van der Waals surface area contributed by atoms with E-state index in [1.165, 1.54) is 11.3 Å². The summed E-state index contributed by atoms with van der Waals surface area (Å²) in [5.74, 6) is 1.34. The first-order chi connectivity index (χ1) is 22.3. The molecule has 0 aliphatic carbocycles. The van der Waals surface area contributed by atoms with Crippen LogP contribution >= 0.6 is 36.6 Å². The van der Waals surface area contributed by atoms with Crippen LogP contribution in [0.25, 0.3) is 0 Å². The summed E-state index contributed by atoms with van der Waals surface area (Å²) in [6.45, 7) is 18.5. The molecule has 1 heterocycles. The zero-order valence-corrected chi connectivity index (χ0v) is 32.2. The molecular weight excluding hydrogens is 669 g/mol. The normalized spacial score (nSPS) is 18.6. The molecule has 0 saturated heterocycles. The largest absolute Gasteiger partial charge is 0.390 e. The Bertz CT molecular complexity index is 825. The first kappa shape index (κ1) is 44.9. The fourth-order valence-electron chi connectivity index (χ4n) is 3.72. The Morgan fingerprint density at radius 2 is 0.681 bits per heavy atom. The predicted molar refractivity (Wildman–Crippen MR) is 190 cm³/mol. The zero-order valence-electron chi connectivity index (χ0n) is 29.6. The second-order valence-electron chi connectivity index (χ2n) is 12.3. The number of hydrogen-bond acceptors (Lipinski definition) is 15. The van der Waals surface area contributed by atoms with E-state index in [-0.39, 0.29) is 62.0 Å². The van der Waals surface area contributed by atoms with Crippen LogP contribution in [0.2, 0.25) is 0 Å². The molecule has 12 nitrogen and oxygen atoms in total. The molecule has 0 bridgehead atoms. The highest BCUT2D eigenvalue weighted by atomic mass is 32.1. The standard InChI is InChI=1S/C32H62N2O10S3/c1-21(11-37-23(3)15-41-27(7)19-45)39-13-25(5)43-17-29(35)9-31-33-34-32(47-31)10-30(36)18-44-26(6)14-40-22(2)12-38-24(4)16-42-28(8)20-46/h21-30,35-36,45-46H,9-20H2,1-8H3. The van der Waals surface area contributed by atoms with Crippen molar-refractivity contribution < 1.29 is 48.1 Å². The molecule has 0 radical (unpaired) electrons. The highest BCUT2D eigenvalue weighted by molar-refractivity contribution is 7.80. The van der Waals surface area contributed by atoms with E-state index >= 15 is 0 Å². The van der Waals surface area contributed by atoms with E-state index in [4.69, 9.17) is 37.9 Å². The van der Waals surface area contributed by atoms with E-state index in [0.29, 0.717) is 74.0 Å². The summed E-state index contributed by atoms with van der Waals surface area (Å²) >= 11 is 9.78. The first-order valence-electron chi connectivity index (χ1n) is 16.6. The first-order valence-corrected chi connectivity index (χ1v) is 18.7. The molecule has 47 heavy (non-hydrogen) atoms. The average Bonchev–Trinajstić information content (AvgIpc) is 3.49. The minimum absolute atomic E-state index is 0.0351. The quantitative estimate of drug-likeness (QED) is 0.0863. The predicted octanol–water partition coefficient (Wildman–Crippen LogP) is 3.45. The monoisotopic (exact) mass is 730 g/mol. The van der Waals surface area contributed by atoms with Gasteiger partial charge in [0.15, 0.2) is 0 Å². The Labute approximate surface area is 297 Å². The van der Waals surface area contributed by atoms with Crippen molar-refractivity contribution in [3.8, 4) is 0 Å². The summed E-state index contributed by atoms with van der Waals surface area (Å²) in [6.07, 6.45) is -1.34. The Morgan fingerprint density at radius 3 is 0.936 bits per heavy atom. The van der Waals surface area contributed by atoms with Crippen LogP contribution in [0.15, 0.2) is 0 Å². The molecule has 0 aromatic carbocycles. The van der Waals surface area contributed by atoms with Gasteiger partial charge in [0, 0.05) is 24.3 Å². The fraction of sp³-hybridized carbons (Fsp3) is 0.938. The van der Waals surface area contributed by atoms with Gasteiger partial charge in [0.1, 0.15) is 10.0 Å². The molecule has 10 unspecified atom stereocenters. The zero-order chi connectivity index (χ0) is 35.2. The third kappa shape index (κ3) is 23.8. The van der Waals surface area contributed by atoms with Gasteiger partial charge in [-0.25, -0.2) is 0 Å². The van der Waals surface area contributed by atoms with Gasteiger partial charge in [-0.2, -0.15) is 25.3 Å². The highest BCUT2D eigenvalue weighted by Gasteiger charge is 2.17. The van der Waals surface area contributed by atoms with Crippen molar-refractivity contribution in [2.45, 2.75) is 129 Å². The number of hydrogen-bond donors (Lipinski definition) is 4. The number of aliphatic hydroxyl groups excluding tert-OH is 2. The second-order valence-corrected chi connectivity index (χ2v) is 14.2. The third-order valence-electron chi connectivity index (χ3n) is 6.68. The van der Waals surface area contributed by atoms with Gasteiger partial charge in [0.2, 0.25) is 0 Å². The summed E-state index contributed by atoms with van der Waals surface area (Å²) in [5, 5.41) is 30.6. The molecule has 0 amide bonds. The average molecular weight is 731 g/mol. The van der Waals surface area contributed by atoms with E-state index < -0.39 is 12.2 Å². The van der Waals surface area contributed by atoms with Gasteiger partial charge in [0.25, 0.3) is 0 Å². The van der Waals surface area contributed by atoms with Crippen LogP contribution in [0.1, 0.15) is 65.4 Å². The van der Waals surface area contributed by atoms with Gasteiger partial charge in [-0.1, -0.05) is 0 Å². The number of aromatic nitrogens is 2. The molecule has 0 aliphatic rings. The van der Waals surface area contributed by atoms with Crippen LogP contribution in [0, 0.1) is 0 Å². The Morgan fingerprint density at radius 1 is 0.447 bits per heavy atom.